The third-order valence-electron chi connectivity index (χ3n) is 5.62. The third kappa shape index (κ3) is 4.77. The molecule has 0 bridgehead atoms. The minimum Gasteiger partial charge on any atom is -0.462 e. The van der Waals surface area contributed by atoms with Gasteiger partial charge in [0, 0.05) is 15.8 Å². The first-order valence-electron chi connectivity index (χ1n) is 10.8. The molecule has 2 amide bonds. The Morgan fingerprint density at radius 2 is 1.87 bits per heavy atom. The summed E-state index contributed by atoms with van der Waals surface area (Å²) in [6.45, 7) is 1.92. The van der Waals surface area contributed by atoms with Crippen LogP contribution in [0.3, 0.4) is 0 Å². The van der Waals surface area contributed by atoms with Crippen LogP contribution in [0.5, 0.6) is 0 Å². The number of amides is 2. The van der Waals surface area contributed by atoms with Gasteiger partial charge in [-0.25, -0.2) is 4.79 Å². The van der Waals surface area contributed by atoms with Crippen molar-refractivity contribution in [2.45, 2.75) is 54.9 Å². The molecule has 1 heterocycles. The minimum absolute atomic E-state index is 0.0937. The maximum atomic E-state index is 13.5. The van der Waals surface area contributed by atoms with Crippen molar-refractivity contribution in [3.63, 3.8) is 0 Å². The Morgan fingerprint density at radius 1 is 1.10 bits per heavy atom. The van der Waals surface area contributed by atoms with Gasteiger partial charge in [0.1, 0.15) is 6.54 Å². The number of hydrogen-bond acceptors (Lipinski definition) is 5. The zero-order chi connectivity index (χ0) is 21.8. The number of esters is 1. The van der Waals surface area contributed by atoms with E-state index in [0.717, 1.165) is 35.5 Å². The van der Waals surface area contributed by atoms with E-state index in [-0.39, 0.29) is 31.0 Å². The Kier molecular flexibility index (Phi) is 6.61. The van der Waals surface area contributed by atoms with E-state index in [1.165, 1.54) is 23.1 Å². The molecule has 0 radical (unpaired) electrons. The highest BCUT2D eigenvalue weighted by molar-refractivity contribution is 7.99. The highest BCUT2D eigenvalue weighted by atomic mass is 32.2. The molecule has 2 aliphatic rings. The Balaban J connectivity index is 1.67. The van der Waals surface area contributed by atoms with Crippen LogP contribution in [0.25, 0.3) is 0 Å². The number of anilines is 1. The SMILES string of the molecule is CCOC(=O)c1ccc2c(c1)N(CC(=O)NC1CCCCC1)C(=O)c1ccccc1S2. The Morgan fingerprint density at radius 3 is 2.65 bits per heavy atom. The number of nitrogens with one attached hydrogen (secondary N) is 1. The van der Waals surface area contributed by atoms with Gasteiger partial charge in [0.15, 0.2) is 0 Å². The molecule has 1 aliphatic heterocycles. The largest absolute Gasteiger partial charge is 0.462 e. The van der Waals surface area contributed by atoms with Gasteiger partial charge in [0.25, 0.3) is 5.91 Å². The molecule has 162 valence electrons. The van der Waals surface area contributed by atoms with Gasteiger partial charge in [-0.05, 0) is 50.1 Å². The van der Waals surface area contributed by atoms with E-state index in [9.17, 15) is 14.4 Å². The molecule has 1 fully saturated rings. The molecule has 31 heavy (non-hydrogen) atoms. The van der Waals surface area contributed by atoms with Gasteiger partial charge >= 0.3 is 5.97 Å². The molecular weight excluding hydrogens is 412 g/mol. The Hall–Kier alpha value is -2.80. The maximum Gasteiger partial charge on any atom is 0.338 e. The number of carbonyl (C=O) groups excluding carboxylic acids is 3. The summed E-state index contributed by atoms with van der Waals surface area (Å²) in [6, 6.07) is 12.7. The van der Waals surface area contributed by atoms with Crippen LogP contribution in [-0.2, 0) is 9.53 Å². The second kappa shape index (κ2) is 9.56. The van der Waals surface area contributed by atoms with Crippen LogP contribution in [0.2, 0.25) is 0 Å². The van der Waals surface area contributed by atoms with E-state index in [4.69, 9.17) is 4.74 Å². The second-order valence-corrected chi connectivity index (χ2v) is 8.88. The summed E-state index contributed by atoms with van der Waals surface area (Å²) in [5, 5.41) is 3.09. The molecule has 2 aromatic rings. The average Bonchev–Trinajstić information content (AvgIpc) is 2.89. The lowest BCUT2D eigenvalue weighted by Crippen LogP contribution is -2.45. The van der Waals surface area contributed by atoms with Crippen LogP contribution in [0.15, 0.2) is 52.3 Å². The van der Waals surface area contributed by atoms with Crippen LogP contribution in [0.1, 0.15) is 59.7 Å². The lowest BCUT2D eigenvalue weighted by molar-refractivity contribution is -0.120. The number of nitrogens with zero attached hydrogens (tertiary/aromatic N) is 1. The molecule has 0 unspecified atom stereocenters. The van der Waals surface area contributed by atoms with Gasteiger partial charge in [-0.3, -0.25) is 14.5 Å². The predicted molar refractivity (Wildman–Crippen MR) is 120 cm³/mol. The average molecular weight is 439 g/mol. The van der Waals surface area contributed by atoms with Crippen molar-refractivity contribution < 1.29 is 19.1 Å². The van der Waals surface area contributed by atoms with Crippen LogP contribution in [0.4, 0.5) is 5.69 Å². The standard InChI is InChI=1S/C24H26N2O4S/c1-2-30-24(29)16-12-13-21-19(14-16)26(15-22(27)25-17-8-4-3-5-9-17)23(28)18-10-6-7-11-20(18)31-21/h6-7,10-14,17H,2-5,8-9,15H2,1H3,(H,25,27). The van der Waals surface area contributed by atoms with Crippen LogP contribution in [-0.4, -0.2) is 37.0 Å². The lowest BCUT2D eigenvalue weighted by atomic mass is 9.95. The first-order chi connectivity index (χ1) is 15.1. The van der Waals surface area contributed by atoms with Crippen molar-refractivity contribution >= 4 is 35.2 Å². The van der Waals surface area contributed by atoms with Crippen LogP contribution < -0.4 is 10.2 Å². The van der Waals surface area contributed by atoms with E-state index < -0.39 is 5.97 Å². The van der Waals surface area contributed by atoms with Gasteiger partial charge in [0.2, 0.25) is 5.91 Å². The van der Waals surface area contributed by atoms with Crippen molar-refractivity contribution in [2.24, 2.45) is 0 Å². The molecule has 6 nitrogen and oxygen atoms in total. The van der Waals surface area contributed by atoms with Crippen molar-refractivity contribution in [1.29, 1.82) is 0 Å². The van der Waals surface area contributed by atoms with Crippen molar-refractivity contribution in [1.82, 2.24) is 5.32 Å². The number of hydrogen-bond donors (Lipinski definition) is 1. The number of benzene rings is 2. The quantitative estimate of drug-likeness (QED) is 0.699. The summed E-state index contributed by atoms with van der Waals surface area (Å²) < 4.78 is 5.13. The fourth-order valence-corrected chi connectivity index (χ4v) is 5.14. The van der Waals surface area contributed by atoms with Gasteiger partial charge < -0.3 is 10.1 Å². The zero-order valence-corrected chi connectivity index (χ0v) is 18.4. The van der Waals surface area contributed by atoms with Crippen LogP contribution in [0, 0.1) is 0 Å². The normalized spacial score (nSPS) is 16.2. The van der Waals surface area contributed by atoms with Crippen molar-refractivity contribution in [2.75, 3.05) is 18.1 Å². The first-order valence-corrected chi connectivity index (χ1v) is 11.6. The molecule has 1 saturated carbocycles. The highest BCUT2D eigenvalue weighted by Gasteiger charge is 2.30. The lowest BCUT2D eigenvalue weighted by Gasteiger charge is -2.26. The molecule has 1 aliphatic carbocycles. The summed E-state index contributed by atoms with van der Waals surface area (Å²) in [6.07, 6.45) is 5.38. The number of ether oxygens (including phenoxy) is 1. The van der Waals surface area contributed by atoms with Crippen LogP contribution >= 0.6 is 11.8 Å². The fraction of sp³-hybridized carbons (Fsp3) is 0.375. The fourth-order valence-electron chi connectivity index (χ4n) is 4.08. The smallest absolute Gasteiger partial charge is 0.338 e. The number of carbonyl (C=O) groups is 3. The molecule has 0 aromatic heterocycles. The summed E-state index contributed by atoms with van der Waals surface area (Å²) in [5.74, 6) is -0.880. The highest BCUT2D eigenvalue weighted by Crippen LogP contribution is 2.41. The summed E-state index contributed by atoms with van der Waals surface area (Å²) in [4.78, 5) is 41.7. The zero-order valence-electron chi connectivity index (χ0n) is 17.6. The van der Waals surface area contributed by atoms with E-state index in [0.29, 0.717) is 16.8 Å². The van der Waals surface area contributed by atoms with Gasteiger partial charge in [0.05, 0.1) is 23.4 Å². The number of rotatable bonds is 5. The molecule has 0 atom stereocenters. The summed E-state index contributed by atoms with van der Waals surface area (Å²) in [7, 11) is 0. The van der Waals surface area contributed by atoms with E-state index in [1.807, 2.05) is 24.3 Å². The molecule has 4 rings (SSSR count). The molecule has 0 saturated heterocycles. The predicted octanol–water partition coefficient (Wildman–Crippen LogP) is 4.42. The molecule has 1 N–H and O–H groups in total. The molecule has 2 aromatic carbocycles. The van der Waals surface area contributed by atoms with E-state index in [2.05, 4.69) is 5.32 Å². The third-order valence-corrected chi connectivity index (χ3v) is 6.76. The van der Waals surface area contributed by atoms with Gasteiger partial charge in [-0.1, -0.05) is 43.2 Å². The Labute approximate surface area is 186 Å². The molecular formula is C24H26N2O4S. The summed E-state index contributed by atoms with van der Waals surface area (Å²) in [5.41, 5.74) is 1.46. The van der Waals surface area contributed by atoms with Gasteiger partial charge in [-0.15, -0.1) is 0 Å². The molecule has 7 heteroatoms. The van der Waals surface area contributed by atoms with E-state index >= 15 is 0 Å². The second-order valence-electron chi connectivity index (χ2n) is 7.79. The molecule has 0 spiro atoms. The monoisotopic (exact) mass is 438 g/mol. The topological polar surface area (TPSA) is 75.7 Å². The maximum absolute atomic E-state index is 13.5. The number of fused-ring (bicyclic) bond motifs is 2. The summed E-state index contributed by atoms with van der Waals surface area (Å²) >= 11 is 1.46. The first kappa shape index (κ1) is 21.4. The van der Waals surface area contributed by atoms with Crippen molar-refractivity contribution in [3.05, 3.63) is 53.6 Å². The van der Waals surface area contributed by atoms with Gasteiger partial charge in [-0.2, -0.15) is 0 Å². The minimum atomic E-state index is -0.448. The Bertz CT molecular complexity index is 1000. The van der Waals surface area contributed by atoms with Crippen molar-refractivity contribution in [3.8, 4) is 0 Å². The van der Waals surface area contributed by atoms with E-state index in [1.54, 1.807) is 25.1 Å².